The highest BCUT2D eigenvalue weighted by molar-refractivity contribution is 5.94. The molecule has 18 heavy (non-hydrogen) atoms. The molecule has 1 rings (SSSR count). The second-order valence-electron chi connectivity index (χ2n) is 3.49. The van der Waals surface area contributed by atoms with Crippen LogP contribution in [0.2, 0.25) is 0 Å². The summed E-state index contributed by atoms with van der Waals surface area (Å²) in [6.45, 7) is 1.60. The standard InChI is InChI=1S/C11H11F3N2O2/c1-6(17)15-2-3-16-11(18)7-4-8(12)10(14)9(13)5-7/h4-5H,2-3H2,1H3,(H,15,17)(H,16,18). The van der Waals surface area contributed by atoms with Crippen LogP contribution in [-0.4, -0.2) is 24.9 Å². The normalized spacial score (nSPS) is 10.0. The van der Waals surface area contributed by atoms with Gasteiger partial charge in [-0.1, -0.05) is 0 Å². The molecule has 1 aromatic carbocycles. The van der Waals surface area contributed by atoms with Crippen LogP contribution in [-0.2, 0) is 4.79 Å². The first-order valence-electron chi connectivity index (χ1n) is 5.09. The summed E-state index contributed by atoms with van der Waals surface area (Å²) < 4.78 is 38.3. The lowest BCUT2D eigenvalue weighted by Gasteiger charge is -2.06. The molecule has 0 atom stereocenters. The van der Waals surface area contributed by atoms with Crippen LogP contribution < -0.4 is 10.6 Å². The van der Waals surface area contributed by atoms with E-state index in [0.29, 0.717) is 12.1 Å². The Bertz CT molecular complexity index is 454. The van der Waals surface area contributed by atoms with Gasteiger partial charge >= 0.3 is 0 Å². The first-order valence-corrected chi connectivity index (χ1v) is 5.09. The summed E-state index contributed by atoms with van der Waals surface area (Å²) in [5.74, 6) is -5.49. The summed E-state index contributed by atoms with van der Waals surface area (Å²) in [6.07, 6.45) is 0. The van der Waals surface area contributed by atoms with Crippen molar-refractivity contribution in [2.75, 3.05) is 13.1 Å². The molecule has 1 aromatic rings. The van der Waals surface area contributed by atoms with Gasteiger partial charge in [-0.3, -0.25) is 9.59 Å². The van der Waals surface area contributed by atoms with Crippen molar-refractivity contribution in [3.63, 3.8) is 0 Å². The Balaban J connectivity index is 2.59. The topological polar surface area (TPSA) is 58.2 Å². The maximum atomic E-state index is 12.8. The molecule has 0 aliphatic rings. The van der Waals surface area contributed by atoms with E-state index < -0.39 is 23.4 Å². The minimum atomic E-state index is -1.62. The van der Waals surface area contributed by atoms with E-state index in [4.69, 9.17) is 0 Å². The quantitative estimate of drug-likeness (QED) is 0.626. The Morgan fingerprint density at radius 3 is 2.06 bits per heavy atom. The first kappa shape index (κ1) is 14.0. The van der Waals surface area contributed by atoms with Crippen molar-refractivity contribution in [2.24, 2.45) is 0 Å². The number of carbonyl (C=O) groups excluding carboxylic acids is 2. The van der Waals surface area contributed by atoms with Gasteiger partial charge in [-0.25, -0.2) is 13.2 Å². The number of benzene rings is 1. The SMILES string of the molecule is CC(=O)NCCNC(=O)c1cc(F)c(F)c(F)c1. The molecule has 0 saturated carbocycles. The molecule has 2 amide bonds. The lowest BCUT2D eigenvalue weighted by atomic mass is 10.2. The van der Waals surface area contributed by atoms with Crippen LogP contribution in [0.3, 0.4) is 0 Å². The summed E-state index contributed by atoms with van der Waals surface area (Å²) in [7, 11) is 0. The van der Waals surface area contributed by atoms with Gasteiger partial charge in [-0.2, -0.15) is 0 Å². The molecule has 0 aromatic heterocycles. The van der Waals surface area contributed by atoms with Crippen molar-refractivity contribution in [1.82, 2.24) is 10.6 Å². The van der Waals surface area contributed by atoms with Gasteiger partial charge in [0.05, 0.1) is 0 Å². The molecule has 98 valence electrons. The van der Waals surface area contributed by atoms with Crippen molar-refractivity contribution >= 4 is 11.8 Å². The Hall–Kier alpha value is -2.05. The lowest BCUT2D eigenvalue weighted by Crippen LogP contribution is -2.33. The maximum Gasteiger partial charge on any atom is 0.251 e. The van der Waals surface area contributed by atoms with E-state index in [-0.39, 0.29) is 24.6 Å². The van der Waals surface area contributed by atoms with E-state index in [1.807, 2.05) is 0 Å². The smallest absolute Gasteiger partial charge is 0.251 e. The van der Waals surface area contributed by atoms with Crippen molar-refractivity contribution in [3.05, 3.63) is 35.1 Å². The van der Waals surface area contributed by atoms with Gasteiger partial charge in [-0.05, 0) is 12.1 Å². The summed E-state index contributed by atoms with van der Waals surface area (Å²) in [5.41, 5.74) is -0.325. The molecular weight excluding hydrogens is 249 g/mol. The van der Waals surface area contributed by atoms with Gasteiger partial charge in [0.2, 0.25) is 5.91 Å². The Morgan fingerprint density at radius 1 is 1.06 bits per heavy atom. The van der Waals surface area contributed by atoms with E-state index in [1.165, 1.54) is 6.92 Å². The molecule has 0 bridgehead atoms. The molecule has 4 nitrogen and oxygen atoms in total. The number of hydrogen-bond donors (Lipinski definition) is 2. The third-order valence-electron chi connectivity index (χ3n) is 2.03. The monoisotopic (exact) mass is 260 g/mol. The second-order valence-corrected chi connectivity index (χ2v) is 3.49. The Labute approximate surface area is 101 Å². The van der Waals surface area contributed by atoms with Gasteiger partial charge < -0.3 is 10.6 Å². The van der Waals surface area contributed by atoms with Crippen molar-refractivity contribution in [3.8, 4) is 0 Å². The Morgan fingerprint density at radius 2 is 1.56 bits per heavy atom. The van der Waals surface area contributed by atoms with Gasteiger partial charge in [0.1, 0.15) is 0 Å². The molecule has 2 N–H and O–H groups in total. The number of carbonyl (C=O) groups is 2. The van der Waals surface area contributed by atoms with Crippen LogP contribution >= 0.6 is 0 Å². The highest BCUT2D eigenvalue weighted by Gasteiger charge is 2.14. The molecule has 0 spiro atoms. The predicted molar refractivity (Wildman–Crippen MR) is 57.3 cm³/mol. The van der Waals surface area contributed by atoms with Crippen molar-refractivity contribution in [1.29, 1.82) is 0 Å². The third-order valence-corrected chi connectivity index (χ3v) is 2.03. The highest BCUT2D eigenvalue weighted by Crippen LogP contribution is 2.13. The fraction of sp³-hybridized carbons (Fsp3) is 0.273. The van der Waals surface area contributed by atoms with Crippen LogP contribution in [0.15, 0.2) is 12.1 Å². The van der Waals surface area contributed by atoms with Crippen molar-refractivity contribution < 1.29 is 22.8 Å². The van der Waals surface area contributed by atoms with Crippen LogP contribution in [0.1, 0.15) is 17.3 Å². The molecule has 0 radical (unpaired) electrons. The summed E-state index contributed by atoms with van der Waals surface area (Å²) in [5, 5.41) is 4.74. The fourth-order valence-electron chi connectivity index (χ4n) is 1.20. The number of halogens is 3. The van der Waals surface area contributed by atoms with Crippen molar-refractivity contribution in [2.45, 2.75) is 6.92 Å². The minimum Gasteiger partial charge on any atom is -0.355 e. The first-order chi connectivity index (χ1) is 8.41. The van der Waals surface area contributed by atoms with E-state index in [1.54, 1.807) is 0 Å². The van der Waals surface area contributed by atoms with Crippen LogP contribution in [0.5, 0.6) is 0 Å². The molecule has 0 fully saturated rings. The zero-order chi connectivity index (χ0) is 13.7. The van der Waals surface area contributed by atoms with Crippen LogP contribution in [0, 0.1) is 17.5 Å². The molecule has 0 heterocycles. The van der Waals surface area contributed by atoms with Crippen LogP contribution in [0.25, 0.3) is 0 Å². The molecule has 0 aliphatic heterocycles. The Kier molecular flexibility index (Phi) is 4.70. The summed E-state index contributed by atoms with van der Waals surface area (Å²) in [6, 6.07) is 1.21. The summed E-state index contributed by atoms with van der Waals surface area (Å²) >= 11 is 0. The fourth-order valence-corrected chi connectivity index (χ4v) is 1.20. The lowest BCUT2D eigenvalue weighted by molar-refractivity contribution is -0.118. The zero-order valence-corrected chi connectivity index (χ0v) is 9.52. The third kappa shape index (κ3) is 3.76. The van der Waals surface area contributed by atoms with Gasteiger partial charge in [0.15, 0.2) is 17.5 Å². The second kappa shape index (κ2) is 6.04. The zero-order valence-electron chi connectivity index (χ0n) is 9.52. The largest absolute Gasteiger partial charge is 0.355 e. The maximum absolute atomic E-state index is 12.8. The van der Waals surface area contributed by atoms with E-state index in [0.717, 1.165) is 0 Å². The summed E-state index contributed by atoms with van der Waals surface area (Å²) in [4.78, 5) is 21.9. The van der Waals surface area contributed by atoms with Gasteiger partial charge in [0, 0.05) is 25.6 Å². The number of nitrogens with one attached hydrogen (secondary N) is 2. The average molecular weight is 260 g/mol. The van der Waals surface area contributed by atoms with E-state index in [9.17, 15) is 22.8 Å². The molecule has 0 saturated heterocycles. The van der Waals surface area contributed by atoms with Crippen LogP contribution in [0.4, 0.5) is 13.2 Å². The molecule has 0 unspecified atom stereocenters. The average Bonchev–Trinajstić information content (AvgIpc) is 2.30. The predicted octanol–water partition coefficient (Wildman–Crippen LogP) is 0.970. The van der Waals surface area contributed by atoms with Gasteiger partial charge in [0.25, 0.3) is 5.91 Å². The van der Waals surface area contributed by atoms with E-state index in [2.05, 4.69) is 10.6 Å². The molecule has 7 heteroatoms. The van der Waals surface area contributed by atoms with Gasteiger partial charge in [-0.15, -0.1) is 0 Å². The minimum absolute atomic E-state index is 0.0963. The van der Waals surface area contributed by atoms with E-state index >= 15 is 0 Å². The number of amides is 2. The number of rotatable bonds is 4. The molecular formula is C11H11F3N2O2. The highest BCUT2D eigenvalue weighted by atomic mass is 19.2. The number of hydrogen-bond acceptors (Lipinski definition) is 2. The molecule has 0 aliphatic carbocycles.